The zero-order chi connectivity index (χ0) is 21.9. The highest BCUT2D eigenvalue weighted by molar-refractivity contribution is 7.90. The van der Waals surface area contributed by atoms with Crippen molar-refractivity contribution in [2.75, 3.05) is 20.0 Å². The maximum absolute atomic E-state index is 12.7. The largest absolute Gasteiger partial charge is 0.497 e. The van der Waals surface area contributed by atoms with Gasteiger partial charge in [-0.25, -0.2) is 8.42 Å². The molecule has 0 bridgehead atoms. The number of fused-ring (bicyclic) bond motifs is 1. The summed E-state index contributed by atoms with van der Waals surface area (Å²) in [6, 6.07) is 10.9. The van der Waals surface area contributed by atoms with E-state index < -0.39 is 21.7 Å². The van der Waals surface area contributed by atoms with Gasteiger partial charge in [-0.2, -0.15) is 4.99 Å². The van der Waals surface area contributed by atoms with Crippen LogP contribution in [0.3, 0.4) is 0 Å². The monoisotopic (exact) mass is 448 g/mol. The Morgan fingerprint density at radius 1 is 1.13 bits per heavy atom. The molecular formula is C20H20N2O6S2. The second-order valence-corrected chi connectivity index (χ2v) is 9.35. The first-order chi connectivity index (χ1) is 14.2. The van der Waals surface area contributed by atoms with Crippen LogP contribution in [0.25, 0.3) is 10.2 Å². The molecular weight excluding hydrogens is 428 g/mol. The number of hydrogen-bond acceptors (Lipinski definition) is 7. The average molecular weight is 449 g/mol. The molecule has 0 aliphatic heterocycles. The maximum Gasteiger partial charge on any atom is 0.326 e. The number of amides is 1. The predicted molar refractivity (Wildman–Crippen MR) is 112 cm³/mol. The van der Waals surface area contributed by atoms with Gasteiger partial charge >= 0.3 is 5.97 Å². The van der Waals surface area contributed by atoms with E-state index in [-0.39, 0.29) is 23.6 Å². The van der Waals surface area contributed by atoms with E-state index in [1.807, 2.05) is 0 Å². The van der Waals surface area contributed by atoms with Crippen LogP contribution in [0.1, 0.15) is 17.3 Å². The third-order valence-corrected chi connectivity index (χ3v) is 6.38. The summed E-state index contributed by atoms with van der Waals surface area (Å²) in [5.74, 6) is -0.355. The van der Waals surface area contributed by atoms with Gasteiger partial charge in [-0.1, -0.05) is 11.3 Å². The van der Waals surface area contributed by atoms with E-state index in [2.05, 4.69) is 4.99 Å². The van der Waals surface area contributed by atoms with Crippen LogP contribution in [0.4, 0.5) is 0 Å². The Morgan fingerprint density at radius 2 is 1.83 bits per heavy atom. The molecule has 0 unspecified atom stereocenters. The standard InChI is InChI=1S/C20H20N2O6S2/c1-4-28-18(23)12-22-16-10-7-14(27-2)11-17(16)29-20(22)21-19(24)13-5-8-15(9-6-13)30(3,25)26/h5-11H,4,12H2,1-3H3. The third-order valence-electron chi connectivity index (χ3n) is 4.21. The molecule has 0 aliphatic carbocycles. The second-order valence-electron chi connectivity index (χ2n) is 6.32. The molecule has 0 saturated heterocycles. The molecule has 0 atom stereocenters. The van der Waals surface area contributed by atoms with Crippen molar-refractivity contribution in [1.82, 2.24) is 4.57 Å². The van der Waals surface area contributed by atoms with Crippen LogP contribution in [0.15, 0.2) is 52.4 Å². The lowest BCUT2D eigenvalue weighted by Gasteiger charge is -2.05. The molecule has 3 rings (SSSR count). The lowest BCUT2D eigenvalue weighted by molar-refractivity contribution is -0.143. The second kappa shape index (κ2) is 8.80. The molecule has 10 heteroatoms. The van der Waals surface area contributed by atoms with Crippen LogP contribution < -0.4 is 9.54 Å². The average Bonchev–Trinajstić information content (AvgIpc) is 3.03. The Morgan fingerprint density at radius 3 is 2.43 bits per heavy atom. The molecule has 158 valence electrons. The van der Waals surface area contributed by atoms with Gasteiger partial charge in [0.2, 0.25) is 0 Å². The summed E-state index contributed by atoms with van der Waals surface area (Å²) in [5.41, 5.74) is 0.952. The first-order valence-electron chi connectivity index (χ1n) is 8.95. The molecule has 2 aromatic carbocycles. The third kappa shape index (κ3) is 4.77. The van der Waals surface area contributed by atoms with Crippen molar-refractivity contribution in [3.8, 4) is 5.75 Å². The number of aromatic nitrogens is 1. The van der Waals surface area contributed by atoms with Crippen molar-refractivity contribution in [1.29, 1.82) is 0 Å². The predicted octanol–water partition coefficient (Wildman–Crippen LogP) is 2.42. The number of carbonyl (C=O) groups excluding carboxylic acids is 2. The number of hydrogen-bond donors (Lipinski definition) is 0. The summed E-state index contributed by atoms with van der Waals surface area (Å²) in [4.78, 5) is 29.4. The Bertz CT molecular complexity index is 1270. The zero-order valence-electron chi connectivity index (χ0n) is 16.6. The minimum Gasteiger partial charge on any atom is -0.497 e. The number of sulfone groups is 1. The fraction of sp³-hybridized carbons (Fsp3) is 0.250. The number of esters is 1. The summed E-state index contributed by atoms with van der Waals surface area (Å²) in [6.45, 7) is 1.86. The quantitative estimate of drug-likeness (QED) is 0.537. The van der Waals surface area contributed by atoms with E-state index in [1.54, 1.807) is 36.8 Å². The number of carbonyl (C=O) groups is 2. The number of ether oxygens (including phenoxy) is 2. The molecule has 8 nitrogen and oxygen atoms in total. The Balaban J connectivity index is 2.07. The number of thiazole rings is 1. The molecule has 0 saturated carbocycles. The van der Waals surface area contributed by atoms with Crippen molar-refractivity contribution in [2.45, 2.75) is 18.4 Å². The Hall–Kier alpha value is -2.98. The van der Waals surface area contributed by atoms with E-state index in [4.69, 9.17) is 9.47 Å². The van der Waals surface area contributed by atoms with E-state index in [1.165, 1.54) is 35.6 Å². The van der Waals surface area contributed by atoms with Crippen LogP contribution >= 0.6 is 11.3 Å². The topological polar surface area (TPSA) is 104 Å². The number of nitrogens with zero attached hydrogens (tertiary/aromatic N) is 2. The van der Waals surface area contributed by atoms with Gasteiger partial charge in [-0.05, 0) is 49.4 Å². The zero-order valence-corrected chi connectivity index (χ0v) is 18.2. The SMILES string of the molecule is CCOC(=O)Cn1c(=NC(=O)c2ccc(S(C)(=O)=O)cc2)sc2cc(OC)ccc21. The summed E-state index contributed by atoms with van der Waals surface area (Å²) in [7, 11) is -1.81. The molecule has 1 heterocycles. The van der Waals surface area contributed by atoms with Gasteiger partial charge in [0.25, 0.3) is 5.91 Å². The molecule has 0 N–H and O–H groups in total. The van der Waals surface area contributed by atoms with Crippen molar-refractivity contribution in [3.63, 3.8) is 0 Å². The van der Waals surface area contributed by atoms with Gasteiger partial charge in [0.05, 0.1) is 28.8 Å². The van der Waals surface area contributed by atoms with Gasteiger partial charge in [0.15, 0.2) is 14.6 Å². The highest BCUT2D eigenvalue weighted by Gasteiger charge is 2.14. The van der Waals surface area contributed by atoms with Crippen molar-refractivity contribution < 1.29 is 27.5 Å². The highest BCUT2D eigenvalue weighted by atomic mass is 32.2. The van der Waals surface area contributed by atoms with Crippen molar-refractivity contribution in [3.05, 3.63) is 52.8 Å². The summed E-state index contributed by atoms with van der Waals surface area (Å²) in [6.07, 6.45) is 1.10. The van der Waals surface area contributed by atoms with Gasteiger partial charge in [0, 0.05) is 11.8 Å². The molecule has 0 fully saturated rings. The van der Waals surface area contributed by atoms with Crippen molar-refractivity contribution >= 4 is 43.3 Å². The van der Waals surface area contributed by atoms with Crippen molar-refractivity contribution in [2.24, 2.45) is 4.99 Å². The minimum absolute atomic E-state index is 0.0979. The summed E-state index contributed by atoms with van der Waals surface area (Å²) >= 11 is 1.24. The van der Waals surface area contributed by atoms with Gasteiger partial charge < -0.3 is 14.0 Å². The Kier molecular flexibility index (Phi) is 6.37. The molecule has 0 radical (unpaired) electrons. The van der Waals surface area contributed by atoms with Gasteiger partial charge in [-0.3, -0.25) is 9.59 Å². The number of rotatable bonds is 6. The molecule has 0 spiro atoms. The van der Waals surface area contributed by atoms with Gasteiger partial charge in [-0.15, -0.1) is 0 Å². The smallest absolute Gasteiger partial charge is 0.326 e. The molecule has 30 heavy (non-hydrogen) atoms. The highest BCUT2D eigenvalue weighted by Crippen LogP contribution is 2.23. The lowest BCUT2D eigenvalue weighted by atomic mass is 10.2. The van der Waals surface area contributed by atoms with Crippen LogP contribution in [-0.2, 0) is 25.9 Å². The Labute approximate surface area is 177 Å². The molecule has 0 aliphatic rings. The molecule has 1 aromatic heterocycles. The van der Waals surface area contributed by atoms with E-state index in [9.17, 15) is 18.0 Å². The summed E-state index contributed by atoms with van der Waals surface area (Å²) < 4.78 is 35.9. The summed E-state index contributed by atoms with van der Waals surface area (Å²) in [5, 5.41) is 0. The van der Waals surface area contributed by atoms with Gasteiger partial charge in [0.1, 0.15) is 12.3 Å². The first-order valence-corrected chi connectivity index (χ1v) is 11.7. The van der Waals surface area contributed by atoms with Crippen LogP contribution in [0, 0.1) is 0 Å². The number of methoxy groups -OCH3 is 1. The van der Waals surface area contributed by atoms with Crippen LogP contribution in [0.5, 0.6) is 5.75 Å². The lowest BCUT2D eigenvalue weighted by Crippen LogP contribution is -2.23. The van der Waals surface area contributed by atoms with E-state index in [0.29, 0.717) is 16.1 Å². The molecule has 3 aromatic rings. The normalized spacial score (nSPS) is 12.2. The maximum atomic E-state index is 12.7. The van der Waals surface area contributed by atoms with Crippen LogP contribution in [0.2, 0.25) is 0 Å². The minimum atomic E-state index is -3.36. The fourth-order valence-corrected chi connectivity index (χ4v) is 4.44. The van der Waals surface area contributed by atoms with E-state index >= 15 is 0 Å². The molecule has 1 amide bonds. The first kappa shape index (κ1) is 21.7. The number of benzene rings is 2. The fourth-order valence-electron chi connectivity index (χ4n) is 2.75. The van der Waals surface area contributed by atoms with E-state index in [0.717, 1.165) is 11.0 Å². The van der Waals surface area contributed by atoms with Crippen LogP contribution in [-0.4, -0.2) is 44.8 Å².